The summed E-state index contributed by atoms with van der Waals surface area (Å²) in [7, 11) is 0. The monoisotopic (exact) mass is 398 g/mol. The number of benzene rings is 3. The van der Waals surface area contributed by atoms with E-state index in [-0.39, 0.29) is 40.8 Å². The minimum absolute atomic E-state index is 0.0125. The summed E-state index contributed by atoms with van der Waals surface area (Å²) in [5.74, 6) is 1.04. The molecule has 5 rings (SSSR count). The Bertz CT molecular complexity index is 1170. The molecule has 3 aromatic carbocycles. The van der Waals surface area contributed by atoms with E-state index in [4.69, 9.17) is 0 Å². The molecule has 0 radical (unpaired) electrons. The van der Waals surface area contributed by atoms with Gasteiger partial charge in [0.25, 0.3) is 0 Å². The van der Waals surface area contributed by atoms with Crippen LogP contribution in [0.4, 0.5) is 0 Å². The molecule has 30 heavy (non-hydrogen) atoms. The van der Waals surface area contributed by atoms with E-state index < -0.39 is 0 Å². The zero-order chi connectivity index (χ0) is 20.8. The smallest absolute Gasteiger partial charge is 0.116 e. The molecule has 0 aromatic heterocycles. The molecular formula is C26H22O4. The molecule has 0 aliphatic heterocycles. The van der Waals surface area contributed by atoms with Gasteiger partial charge in [-0.15, -0.1) is 0 Å². The third-order valence-corrected chi connectivity index (χ3v) is 6.24. The van der Waals surface area contributed by atoms with Crippen LogP contribution in [0.2, 0.25) is 0 Å². The van der Waals surface area contributed by atoms with E-state index in [1.54, 1.807) is 42.5 Å². The molecule has 3 aromatic rings. The van der Waals surface area contributed by atoms with E-state index in [1.807, 2.05) is 30.3 Å². The standard InChI is InChI=1S/C26H22O4/c27-17-5-1-15(2-6-17)25-21-11-9-19(29)13-23(21)24-14-20(30)10-12-22(24)26(25)16-3-7-18(28)8-4-16/h1-3,5-14,16,25-30H,4H2. The lowest BCUT2D eigenvalue weighted by Gasteiger charge is -2.40. The van der Waals surface area contributed by atoms with Gasteiger partial charge in [0.2, 0.25) is 0 Å². The van der Waals surface area contributed by atoms with Crippen LogP contribution in [-0.4, -0.2) is 20.4 Å². The van der Waals surface area contributed by atoms with Gasteiger partial charge < -0.3 is 20.4 Å². The van der Waals surface area contributed by atoms with Gasteiger partial charge in [0, 0.05) is 11.8 Å². The van der Waals surface area contributed by atoms with Gasteiger partial charge in [-0.2, -0.15) is 0 Å². The summed E-state index contributed by atoms with van der Waals surface area (Å²) < 4.78 is 0. The van der Waals surface area contributed by atoms with Crippen LogP contribution in [0, 0.1) is 5.92 Å². The Morgan fingerprint density at radius 1 is 0.667 bits per heavy atom. The number of phenolic OH excluding ortho intramolecular Hbond substituents is 3. The largest absolute Gasteiger partial charge is 0.508 e. The lowest BCUT2D eigenvalue weighted by atomic mass is 9.63. The summed E-state index contributed by atoms with van der Waals surface area (Å²) >= 11 is 0. The predicted molar refractivity (Wildman–Crippen MR) is 116 cm³/mol. The van der Waals surface area contributed by atoms with Crippen LogP contribution in [0.25, 0.3) is 11.1 Å². The normalized spacial score (nSPS) is 22.1. The highest BCUT2D eigenvalue weighted by Gasteiger charge is 2.39. The van der Waals surface area contributed by atoms with Gasteiger partial charge in [0.15, 0.2) is 0 Å². The highest BCUT2D eigenvalue weighted by atomic mass is 16.3. The Balaban J connectivity index is 1.77. The van der Waals surface area contributed by atoms with Crippen molar-refractivity contribution in [1.29, 1.82) is 0 Å². The first kappa shape index (κ1) is 18.4. The summed E-state index contributed by atoms with van der Waals surface area (Å²) in [6.45, 7) is 0. The fraction of sp³-hybridized carbons (Fsp3) is 0.154. The second-order valence-electron chi connectivity index (χ2n) is 8.03. The summed E-state index contributed by atoms with van der Waals surface area (Å²) in [5, 5.41) is 40.0. The van der Waals surface area contributed by atoms with Crippen LogP contribution < -0.4 is 0 Å². The maximum absolute atomic E-state index is 10.2. The third-order valence-electron chi connectivity index (χ3n) is 6.24. The quantitative estimate of drug-likeness (QED) is 0.445. The molecule has 4 N–H and O–H groups in total. The summed E-state index contributed by atoms with van der Waals surface area (Å²) in [4.78, 5) is 0. The Labute approximate surface area is 174 Å². The molecular weight excluding hydrogens is 376 g/mol. The van der Waals surface area contributed by atoms with Gasteiger partial charge in [0.1, 0.15) is 23.0 Å². The number of aromatic hydroxyl groups is 3. The molecule has 0 fully saturated rings. The number of allylic oxidation sites excluding steroid dienone is 3. The molecule has 3 unspecified atom stereocenters. The highest BCUT2D eigenvalue weighted by molar-refractivity contribution is 5.78. The van der Waals surface area contributed by atoms with E-state index in [0.717, 1.165) is 27.8 Å². The molecule has 0 bridgehead atoms. The second-order valence-corrected chi connectivity index (χ2v) is 8.03. The van der Waals surface area contributed by atoms with E-state index in [9.17, 15) is 20.4 Å². The van der Waals surface area contributed by atoms with Gasteiger partial charge in [-0.3, -0.25) is 0 Å². The minimum Gasteiger partial charge on any atom is -0.508 e. The van der Waals surface area contributed by atoms with Gasteiger partial charge in [-0.1, -0.05) is 30.3 Å². The molecule has 150 valence electrons. The number of hydrogen-bond acceptors (Lipinski definition) is 4. The zero-order valence-corrected chi connectivity index (χ0v) is 16.2. The number of aliphatic hydroxyl groups is 1. The van der Waals surface area contributed by atoms with Crippen LogP contribution in [-0.2, 0) is 0 Å². The molecule has 2 aliphatic rings. The number of phenols is 3. The van der Waals surface area contributed by atoms with E-state index in [1.165, 1.54) is 0 Å². The lowest BCUT2D eigenvalue weighted by Crippen LogP contribution is -2.25. The van der Waals surface area contributed by atoms with Crippen LogP contribution in [0.1, 0.15) is 34.9 Å². The Hall–Kier alpha value is -3.66. The maximum atomic E-state index is 10.2. The van der Waals surface area contributed by atoms with Crippen molar-refractivity contribution in [3.05, 3.63) is 101 Å². The van der Waals surface area contributed by atoms with Crippen LogP contribution in [0.3, 0.4) is 0 Å². The highest BCUT2D eigenvalue weighted by Crippen LogP contribution is 2.55. The van der Waals surface area contributed by atoms with Crippen LogP contribution in [0.5, 0.6) is 17.2 Å². The fourth-order valence-corrected chi connectivity index (χ4v) is 4.93. The SMILES string of the molecule is OC1=CCC(C2c3ccc(O)cc3-c3cc(O)ccc3C2c2ccc(O)cc2)C=C1. The Morgan fingerprint density at radius 2 is 1.27 bits per heavy atom. The van der Waals surface area contributed by atoms with Crippen molar-refractivity contribution < 1.29 is 20.4 Å². The topological polar surface area (TPSA) is 80.9 Å². The van der Waals surface area contributed by atoms with Crippen molar-refractivity contribution in [3.63, 3.8) is 0 Å². The minimum atomic E-state index is -0.0125. The summed E-state index contributed by atoms with van der Waals surface area (Å²) in [6.07, 6.45) is 6.34. The molecule has 3 atom stereocenters. The van der Waals surface area contributed by atoms with E-state index in [2.05, 4.69) is 6.08 Å². The Morgan fingerprint density at radius 3 is 1.90 bits per heavy atom. The molecule has 0 spiro atoms. The van der Waals surface area contributed by atoms with Crippen molar-refractivity contribution >= 4 is 0 Å². The molecule has 0 heterocycles. The van der Waals surface area contributed by atoms with Crippen LogP contribution >= 0.6 is 0 Å². The molecule has 0 saturated heterocycles. The fourth-order valence-electron chi connectivity index (χ4n) is 4.93. The average molecular weight is 398 g/mol. The zero-order valence-electron chi connectivity index (χ0n) is 16.2. The maximum Gasteiger partial charge on any atom is 0.116 e. The molecule has 4 nitrogen and oxygen atoms in total. The number of aliphatic hydroxyl groups excluding tert-OH is 1. The first-order valence-corrected chi connectivity index (χ1v) is 10.0. The van der Waals surface area contributed by atoms with E-state index in [0.29, 0.717) is 6.42 Å². The van der Waals surface area contributed by atoms with Crippen molar-refractivity contribution in [1.82, 2.24) is 0 Å². The number of hydrogen-bond donors (Lipinski definition) is 4. The van der Waals surface area contributed by atoms with Crippen molar-refractivity contribution in [2.45, 2.75) is 18.3 Å². The molecule has 4 heteroatoms. The molecule has 0 amide bonds. The second kappa shape index (κ2) is 6.99. The molecule has 2 aliphatic carbocycles. The first-order valence-electron chi connectivity index (χ1n) is 10.0. The predicted octanol–water partition coefficient (Wildman–Crippen LogP) is 5.72. The average Bonchev–Trinajstić information content (AvgIpc) is 2.74. The van der Waals surface area contributed by atoms with Crippen molar-refractivity contribution in [2.75, 3.05) is 0 Å². The third kappa shape index (κ3) is 3.01. The van der Waals surface area contributed by atoms with Crippen LogP contribution in [0.15, 0.2) is 84.7 Å². The van der Waals surface area contributed by atoms with Gasteiger partial charge >= 0.3 is 0 Å². The van der Waals surface area contributed by atoms with Crippen molar-refractivity contribution in [3.8, 4) is 28.4 Å². The first-order chi connectivity index (χ1) is 14.5. The summed E-state index contributed by atoms with van der Waals surface area (Å²) in [5.41, 5.74) is 5.03. The molecule has 0 saturated carbocycles. The Kier molecular flexibility index (Phi) is 4.28. The number of fused-ring (bicyclic) bond motifs is 3. The van der Waals surface area contributed by atoms with Gasteiger partial charge in [-0.25, -0.2) is 0 Å². The summed E-state index contributed by atoms with van der Waals surface area (Å²) in [6, 6.07) is 18.1. The van der Waals surface area contributed by atoms with Crippen molar-refractivity contribution in [2.24, 2.45) is 5.92 Å². The number of rotatable bonds is 2. The lowest BCUT2D eigenvalue weighted by molar-refractivity contribution is 0.402. The van der Waals surface area contributed by atoms with Gasteiger partial charge in [0.05, 0.1) is 0 Å². The van der Waals surface area contributed by atoms with Gasteiger partial charge in [-0.05, 0) is 88.7 Å². The van der Waals surface area contributed by atoms with E-state index >= 15 is 0 Å².